The molecule has 1 aliphatic heterocycles. The Morgan fingerprint density at radius 3 is 2.26 bits per heavy atom. The molecule has 2 aliphatic rings. The van der Waals surface area contributed by atoms with E-state index in [0.29, 0.717) is 22.5 Å². The SMILES string of the molecule is CC(C)(C)OC(=O)NC1CCN(C(=O)C(NS(=O)(=O)c2ccc3cc(OC4CCCC4)ccc3c2)C(F)(F)c2ccc(Cl)s2)CC1. The van der Waals surface area contributed by atoms with Crippen molar-refractivity contribution in [3.63, 3.8) is 0 Å². The molecular weight excluding hydrogens is 660 g/mol. The van der Waals surface area contributed by atoms with Crippen LogP contribution < -0.4 is 14.8 Å². The van der Waals surface area contributed by atoms with Crippen molar-refractivity contribution in [1.29, 1.82) is 0 Å². The minimum Gasteiger partial charge on any atom is -0.490 e. The first-order chi connectivity index (χ1) is 21.6. The second-order valence-electron chi connectivity index (χ2n) is 12.7. The smallest absolute Gasteiger partial charge is 0.407 e. The van der Waals surface area contributed by atoms with Crippen molar-refractivity contribution >= 4 is 55.7 Å². The van der Waals surface area contributed by atoms with E-state index in [-0.39, 0.29) is 47.3 Å². The van der Waals surface area contributed by atoms with Gasteiger partial charge in [-0.05, 0) is 106 Å². The molecular formula is C32H38ClF2N3O6S2. The number of ether oxygens (including phenoxy) is 2. The number of amides is 2. The van der Waals surface area contributed by atoms with Gasteiger partial charge in [-0.1, -0.05) is 23.7 Å². The Labute approximate surface area is 276 Å². The predicted molar refractivity (Wildman–Crippen MR) is 173 cm³/mol. The quantitative estimate of drug-likeness (QED) is 0.254. The Kier molecular flexibility index (Phi) is 10.2. The number of benzene rings is 2. The number of carbonyl (C=O) groups is 2. The molecule has 2 N–H and O–H groups in total. The first kappa shape index (κ1) is 34.3. The number of fused-ring (bicyclic) bond motifs is 1. The highest BCUT2D eigenvalue weighted by Crippen LogP contribution is 2.40. The van der Waals surface area contributed by atoms with E-state index in [9.17, 15) is 18.0 Å². The molecule has 1 aliphatic carbocycles. The van der Waals surface area contributed by atoms with E-state index in [0.717, 1.165) is 37.1 Å². The van der Waals surface area contributed by atoms with Crippen molar-refractivity contribution in [2.24, 2.45) is 0 Å². The standard InChI is InChI=1S/C32H38ClF2N3O6S2/c1-31(2,3)44-30(40)36-22-14-16-38(17-15-22)29(39)28(32(34,35)26-12-13-27(33)45-26)37-46(41,42)25-11-9-20-18-24(10-8-21(20)19-25)43-23-6-4-5-7-23/h8-13,18-19,22-23,28,37H,4-7,14-17H2,1-3H3,(H,36,40). The second kappa shape index (κ2) is 13.6. The van der Waals surface area contributed by atoms with Crippen LogP contribution in [0.1, 0.15) is 64.2 Å². The summed E-state index contributed by atoms with van der Waals surface area (Å²) >= 11 is 6.51. The fraction of sp³-hybridized carbons (Fsp3) is 0.500. The van der Waals surface area contributed by atoms with Crippen LogP contribution in [0, 0.1) is 0 Å². The summed E-state index contributed by atoms with van der Waals surface area (Å²) in [6, 6.07) is 9.15. The largest absolute Gasteiger partial charge is 0.490 e. The van der Waals surface area contributed by atoms with Crippen LogP contribution in [0.25, 0.3) is 10.8 Å². The average Bonchev–Trinajstić information content (AvgIpc) is 3.67. The average molecular weight is 698 g/mol. The van der Waals surface area contributed by atoms with Gasteiger partial charge in [-0.3, -0.25) is 4.79 Å². The molecule has 1 saturated carbocycles. The normalized spacial score (nSPS) is 17.7. The molecule has 1 unspecified atom stereocenters. The minimum atomic E-state index is -4.60. The molecule has 9 nitrogen and oxygen atoms in total. The zero-order valence-corrected chi connectivity index (χ0v) is 28.2. The lowest BCUT2D eigenvalue weighted by molar-refractivity contribution is -0.145. The molecule has 2 fully saturated rings. The number of piperidine rings is 1. The second-order valence-corrected chi connectivity index (χ2v) is 16.2. The number of hydrogen-bond acceptors (Lipinski definition) is 7. The Morgan fingerprint density at radius 2 is 1.63 bits per heavy atom. The van der Waals surface area contributed by atoms with Gasteiger partial charge in [0.25, 0.3) is 0 Å². The highest BCUT2D eigenvalue weighted by molar-refractivity contribution is 7.89. The van der Waals surface area contributed by atoms with Crippen LogP contribution in [0.2, 0.25) is 4.34 Å². The fourth-order valence-electron chi connectivity index (χ4n) is 5.68. The van der Waals surface area contributed by atoms with Gasteiger partial charge in [0.05, 0.1) is 20.2 Å². The molecule has 1 atom stereocenters. The maximum atomic E-state index is 16.0. The van der Waals surface area contributed by atoms with Crippen LogP contribution in [0.5, 0.6) is 5.75 Å². The van der Waals surface area contributed by atoms with Crippen molar-refractivity contribution in [1.82, 2.24) is 14.9 Å². The number of likely N-dealkylation sites (tertiary alicyclic amines) is 1. The first-order valence-corrected chi connectivity index (χ1v) is 17.9. The van der Waals surface area contributed by atoms with Crippen LogP contribution in [0.3, 0.4) is 0 Å². The third-order valence-corrected chi connectivity index (χ3v) is 10.7. The number of alkyl carbamates (subject to hydrolysis) is 1. The van der Waals surface area contributed by atoms with E-state index >= 15 is 8.78 Å². The summed E-state index contributed by atoms with van der Waals surface area (Å²) in [6.07, 6.45) is 4.32. The van der Waals surface area contributed by atoms with E-state index < -0.39 is 44.5 Å². The molecule has 14 heteroatoms. The van der Waals surface area contributed by atoms with E-state index in [1.807, 2.05) is 10.8 Å². The molecule has 250 valence electrons. The lowest BCUT2D eigenvalue weighted by Crippen LogP contribution is -2.58. The van der Waals surface area contributed by atoms with E-state index in [1.165, 1.54) is 23.1 Å². The molecule has 2 aromatic carbocycles. The number of alkyl halides is 2. The summed E-state index contributed by atoms with van der Waals surface area (Å²) < 4.78 is 72.8. The van der Waals surface area contributed by atoms with Gasteiger partial charge in [0.15, 0.2) is 6.04 Å². The van der Waals surface area contributed by atoms with Crippen molar-refractivity contribution in [2.45, 2.75) is 93.9 Å². The van der Waals surface area contributed by atoms with Gasteiger partial charge in [-0.15, -0.1) is 11.3 Å². The zero-order valence-electron chi connectivity index (χ0n) is 25.9. The Morgan fingerprint density at radius 1 is 0.978 bits per heavy atom. The van der Waals surface area contributed by atoms with Crippen LogP contribution in [-0.4, -0.2) is 62.2 Å². The van der Waals surface area contributed by atoms with E-state index in [2.05, 4.69) is 5.32 Å². The van der Waals surface area contributed by atoms with Crippen LogP contribution in [-0.2, 0) is 25.5 Å². The van der Waals surface area contributed by atoms with Gasteiger partial charge in [-0.25, -0.2) is 13.2 Å². The van der Waals surface area contributed by atoms with Gasteiger partial charge in [0, 0.05) is 19.1 Å². The molecule has 0 bridgehead atoms. The van der Waals surface area contributed by atoms with E-state index in [1.54, 1.807) is 39.0 Å². The van der Waals surface area contributed by atoms with Crippen molar-refractivity contribution in [3.05, 3.63) is 57.7 Å². The minimum absolute atomic E-state index is 0.0278. The molecule has 5 rings (SSSR count). The summed E-state index contributed by atoms with van der Waals surface area (Å²) in [5.74, 6) is -4.32. The Hall–Kier alpha value is -3.00. The molecule has 46 heavy (non-hydrogen) atoms. The highest BCUT2D eigenvalue weighted by atomic mass is 35.5. The van der Waals surface area contributed by atoms with Crippen LogP contribution >= 0.6 is 22.9 Å². The predicted octanol–water partition coefficient (Wildman–Crippen LogP) is 6.83. The summed E-state index contributed by atoms with van der Waals surface area (Å²) in [5.41, 5.74) is -0.696. The fourth-order valence-corrected chi connectivity index (χ4v) is 7.95. The summed E-state index contributed by atoms with van der Waals surface area (Å²) in [7, 11) is -4.60. The lowest BCUT2D eigenvalue weighted by Gasteiger charge is -2.36. The van der Waals surface area contributed by atoms with Gasteiger partial charge in [-0.2, -0.15) is 13.5 Å². The number of thiophene rings is 1. The topological polar surface area (TPSA) is 114 Å². The number of halogens is 3. The van der Waals surface area contributed by atoms with Crippen molar-refractivity contribution in [2.75, 3.05) is 13.1 Å². The van der Waals surface area contributed by atoms with Crippen LogP contribution in [0.15, 0.2) is 53.4 Å². The molecule has 2 amide bonds. The molecule has 1 aromatic heterocycles. The highest BCUT2D eigenvalue weighted by Gasteiger charge is 2.51. The number of nitrogens with one attached hydrogen (secondary N) is 2. The maximum absolute atomic E-state index is 16.0. The molecule has 3 aromatic rings. The van der Waals surface area contributed by atoms with Crippen molar-refractivity contribution in [3.8, 4) is 5.75 Å². The van der Waals surface area contributed by atoms with Gasteiger partial charge in [0.1, 0.15) is 11.4 Å². The Bertz CT molecular complexity index is 1680. The number of nitrogens with zero attached hydrogens (tertiary/aromatic N) is 1. The zero-order chi connectivity index (χ0) is 33.3. The summed E-state index contributed by atoms with van der Waals surface area (Å²) in [5, 5.41) is 4.03. The van der Waals surface area contributed by atoms with Gasteiger partial charge in [0.2, 0.25) is 15.9 Å². The number of hydrogen-bond donors (Lipinski definition) is 2. The van der Waals surface area contributed by atoms with E-state index in [4.69, 9.17) is 21.1 Å². The maximum Gasteiger partial charge on any atom is 0.407 e. The monoisotopic (exact) mass is 697 g/mol. The Balaban J connectivity index is 1.35. The molecule has 2 heterocycles. The number of rotatable bonds is 9. The third kappa shape index (κ3) is 8.28. The summed E-state index contributed by atoms with van der Waals surface area (Å²) in [6.45, 7) is 5.25. The molecule has 0 radical (unpaired) electrons. The first-order valence-electron chi connectivity index (χ1n) is 15.3. The summed E-state index contributed by atoms with van der Waals surface area (Å²) in [4.78, 5) is 26.3. The van der Waals surface area contributed by atoms with Crippen LogP contribution in [0.4, 0.5) is 13.6 Å². The third-order valence-electron chi connectivity index (χ3n) is 8.01. The molecule has 1 saturated heterocycles. The van der Waals surface area contributed by atoms with Gasteiger partial charge >= 0.3 is 12.0 Å². The number of carbonyl (C=O) groups excluding carboxylic acids is 2. The van der Waals surface area contributed by atoms with Gasteiger partial charge < -0.3 is 19.7 Å². The number of sulfonamides is 1. The lowest BCUT2D eigenvalue weighted by atomic mass is 10.0. The molecule has 0 spiro atoms. The van der Waals surface area contributed by atoms with Crippen molar-refractivity contribution < 1.29 is 36.3 Å².